The fraction of sp³-hybridized carbons (Fsp3) is 0.364. The molecule has 0 bridgehead atoms. The number of esters is 1. The third-order valence-electron chi connectivity index (χ3n) is 2.26. The molecule has 8 heteroatoms. The number of hydrogen-bond donors (Lipinski definition) is 1. The first-order valence-electron chi connectivity index (χ1n) is 5.30. The van der Waals surface area contributed by atoms with Gasteiger partial charge < -0.3 is 4.74 Å². The number of halogens is 2. The van der Waals surface area contributed by atoms with Crippen molar-refractivity contribution in [2.24, 2.45) is 0 Å². The van der Waals surface area contributed by atoms with E-state index in [1.807, 2.05) is 0 Å². The third kappa shape index (κ3) is 4.76. The molecule has 0 aliphatic rings. The maximum absolute atomic E-state index is 12.0. The monoisotopic (exact) mass is 369 g/mol. The van der Waals surface area contributed by atoms with E-state index in [1.165, 1.54) is 25.3 Å². The number of ether oxygens (including phenoxy) is 1. The third-order valence-corrected chi connectivity index (χ3v) is 5.06. The van der Waals surface area contributed by atoms with Crippen LogP contribution in [0.4, 0.5) is 0 Å². The summed E-state index contributed by atoms with van der Waals surface area (Å²) in [6.45, 7) is 1.58. The Hall–Kier alpha value is -0.630. The summed E-state index contributed by atoms with van der Waals surface area (Å²) in [5.41, 5.74) is 0. The molecule has 5 nitrogen and oxygen atoms in total. The molecule has 0 amide bonds. The van der Waals surface area contributed by atoms with Crippen molar-refractivity contribution in [3.8, 4) is 0 Å². The Labute approximate surface area is 125 Å². The minimum atomic E-state index is -3.70. The van der Waals surface area contributed by atoms with E-state index in [1.54, 1.807) is 6.92 Å². The van der Waals surface area contributed by atoms with E-state index in [4.69, 9.17) is 11.6 Å². The summed E-state index contributed by atoms with van der Waals surface area (Å²) in [4.78, 5) is 11.1. The minimum absolute atomic E-state index is 0.0372. The molecule has 0 fully saturated rings. The van der Waals surface area contributed by atoms with Crippen LogP contribution in [0.3, 0.4) is 0 Å². The fourth-order valence-electron chi connectivity index (χ4n) is 1.35. The largest absolute Gasteiger partial charge is 0.469 e. The predicted molar refractivity (Wildman–Crippen MR) is 75.6 cm³/mol. The van der Waals surface area contributed by atoms with Crippen molar-refractivity contribution in [3.05, 3.63) is 27.7 Å². The van der Waals surface area contributed by atoms with Crippen molar-refractivity contribution in [1.82, 2.24) is 4.72 Å². The lowest BCUT2D eigenvalue weighted by Crippen LogP contribution is -2.34. The molecule has 106 valence electrons. The number of sulfonamides is 1. The first-order chi connectivity index (χ1) is 8.76. The van der Waals surface area contributed by atoms with Gasteiger partial charge in [-0.3, -0.25) is 4.79 Å². The van der Waals surface area contributed by atoms with Crippen LogP contribution in [0.5, 0.6) is 0 Å². The smallest absolute Gasteiger partial charge is 0.307 e. The van der Waals surface area contributed by atoms with Crippen molar-refractivity contribution in [3.63, 3.8) is 0 Å². The summed E-state index contributed by atoms with van der Waals surface area (Å²) in [5, 5.41) is 0.418. The Morgan fingerprint density at radius 2 is 2.16 bits per heavy atom. The van der Waals surface area contributed by atoms with Crippen molar-refractivity contribution in [2.45, 2.75) is 24.3 Å². The highest BCUT2D eigenvalue weighted by Gasteiger charge is 2.20. The summed E-state index contributed by atoms with van der Waals surface area (Å²) in [6, 6.07) is 3.70. The van der Waals surface area contributed by atoms with Crippen LogP contribution in [0.15, 0.2) is 27.6 Å². The van der Waals surface area contributed by atoms with Gasteiger partial charge in [0.25, 0.3) is 0 Å². The lowest BCUT2D eigenvalue weighted by molar-refractivity contribution is -0.140. The lowest BCUT2D eigenvalue weighted by Gasteiger charge is -2.13. The van der Waals surface area contributed by atoms with Gasteiger partial charge >= 0.3 is 5.97 Å². The molecule has 1 N–H and O–H groups in total. The molecular formula is C11H13BrClNO4S. The Kier molecular flexibility index (Phi) is 5.79. The molecular weight excluding hydrogens is 358 g/mol. The van der Waals surface area contributed by atoms with Gasteiger partial charge in [0.05, 0.1) is 23.4 Å². The van der Waals surface area contributed by atoms with Crippen LogP contribution in [0, 0.1) is 0 Å². The molecule has 0 heterocycles. The molecule has 19 heavy (non-hydrogen) atoms. The first kappa shape index (κ1) is 16.4. The summed E-state index contributed by atoms with van der Waals surface area (Å²) in [5.74, 6) is -0.479. The van der Waals surface area contributed by atoms with Gasteiger partial charge in [0.1, 0.15) is 0 Å². The van der Waals surface area contributed by atoms with E-state index in [0.29, 0.717) is 9.50 Å². The SMILES string of the molecule is COC(=O)CC(C)NS(=O)(=O)c1ccc(Cl)c(Br)c1. The van der Waals surface area contributed by atoms with Gasteiger partial charge in [-0.2, -0.15) is 0 Å². The van der Waals surface area contributed by atoms with Gasteiger partial charge in [-0.05, 0) is 41.1 Å². The van der Waals surface area contributed by atoms with E-state index in [2.05, 4.69) is 25.4 Å². The highest BCUT2D eigenvalue weighted by molar-refractivity contribution is 9.10. The highest BCUT2D eigenvalue weighted by atomic mass is 79.9. The molecule has 1 aromatic rings. The topological polar surface area (TPSA) is 72.5 Å². The number of methoxy groups -OCH3 is 1. The number of carbonyl (C=O) groups excluding carboxylic acids is 1. The van der Waals surface area contributed by atoms with E-state index in [0.717, 1.165) is 0 Å². The van der Waals surface area contributed by atoms with E-state index in [-0.39, 0.29) is 11.3 Å². The summed E-state index contributed by atoms with van der Waals surface area (Å²) in [6.07, 6.45) is -0.0372. The quantitative estimate of drug-likeness (QED) is 0.808. The van der Waals surface area contributed by atoms with Crippen LogP contribution >= 0.6 is 27.5 Å². The lowest BCUT2D eigenvalue weighted by atomic mass is 10.3. The second-order valence-corrected chi connectivity index (χ2v) is 6.85. The molecule has 0 aliphatic carbocycles. The zero-order valence-electron chi connectivity index (χ0n) is 10.3. The molecule has 0 aliphatic heterocycles. The van der Waals surface area contributed by atoms with Gasteiger partial charge in [0, 0.05) is 10.5 Å². The molecule has 1 unspecified atom stereocenters. The van der Waals surface area contributed by atoms with Crippen molar-refractivity contribution >= 4 is 43.5 Å². The molecule has 0 aromatic heterocycles. The van der Waals surface area contributed by atoms with Crippen LogP contribution < -0.4 is 4.72 Å². The average Bonchev–Trinajstić information content (AvgIpc) is 2.31. The van der Waals surface area contributed by atoms with Gasteiger partial charge in [-0.1, -0.05) is 11.6 Å². The number of rotatable bonds is 5. The Bertz CT molecular complexity index is 576. The van der Waals surface area contributed by atoms with E-state index >= 15 is 0 Å². The summed E-state index contributed by atoms with van der Waals surface area (Å²) in [7, 11) is -2.45. The number of nitrogens with one attached hydrogen (secondary N) is 1. The standard InChI is InChI=1S/C11H13BrClNO4S/c1-7(5-11(15)18-2)14-19(16,17)8-3-4-10(13)9(12)6-8/h3-4,6-7,14H,5H2,1-2H3. The first-order valence-corrected chi connectivity index (χ1v) is 7.96. The van der Waals surface area contributed by atoms with Crippen molar-refractivity contribution < 1.29 is 17.9 Å². The average molecular weight is 371 g/mol. The van der Waals surface area contributed by atoms with Crippen molar-refractivity contribution in [1.29, 1.82) is 0 Å². The minimum Gasteiger partial charge on any atom is -0.469 e. The molecule has 1 atom stereocenters. The van der Waals surface area contributed by atoms with E-state index in [9.17, 15) is 13.2 Å². The van der Waals surface area contributed by atoms with E-state index < -0.39 is 22.0 Å². The Morgan fingerprint density at radius 3 is 2.68 bits per heavy atom. The van der Waals surface area contributed by atoms with Crippen molar-refractivity contribution in [2.75, 3.05) is 7.11 Å². The van der Waals surface area contributed by atoms with Gasteiger partial charge in [0.15, 0.2) is 0 Å². The van der Waals surface area contributed by atoms with Crippen LogP contribution in [0.25, 0.3) is 0 Å². The zero-order valence-corrected chi connectivity index (χ0v) is 13.5. The molecule has 0 saturated carbocycles. The fourth-order valence-corrected chi connectivity index (χ4v) is 3.27. The normalized spacial score (nSPS) is 13.1. The van der Waals surface area contributed by atoms with Gasteiger partial charge in [0.2, 0.25) is 10.0 Å². The second-order valence-electron chi connectivity index (χ2n) is 3.88. The zero-order chi connectivity index (χ0) is 14.6. The number of hydrogen-bond acceptors (Lipinski definition) is 4. The number of benzene rings is 1. The molecule has 1 rings (SSSR count). The van der Waals surface area contributed by atoms with Crippen LogP contribution in [-0.4, -0.2) is 27.5 Å². The summed E-state index contributed by atoms with van der Waals surface area (Å²) < 4.78 is 31.5. The highest BCUT2D eigenvalue weighted by Crippen LogP contribution is 2.25. The molecule has 0 saturated heterocycles. The molecule has 0 spiro atoms. The molecule has 1 aromatic carbocycles. The van der Waals surface area contributed by atoms with Crippen LogP contribution in [-0.2, 0) is 19.6 Å². The van der Waals surface area contributed by atoms with Crippen LogP contribution in [0.2, 0.25) is 5.02 Å². The molecule has 0 radical (unpaired) electrons. The predicted octanol–water partition coefficient (Wildman–Crippen LogP) is 2.33. The Balaban J connectivity index is 2.86. The maximum atomic E-state index is 12.0. The maximum Gasteiger partial charge on any atom is 0.307 e. The van der Waals surface area contributed by atoms with Crippen LogP contribution in [0.1, 0.15) is 13.3 Å². The Morgan fingerprint density at radius 1 is 1.53 bits per heavy atom. The summed E-state index contributed by atoms with van der Waals surface area (Å²) >= 11 is 8.96. The second kappa shape index (κ2) is 6.69. The number of carbonyl (C=O) groups is 1. The van der Waals surface area contributed by atoms with Gasteiger partial charge in [-0.25, -0.2) is 13.1 Å². The van der Waals surface area contributed by atoms with Gasteiger partial charge in [-0.15, -0.1) is 0 Å².